The Morgan fingerprint density at radius 2 is 1.74 bits per heavy atom. The lowest BCUT2D eigenvalue weighted by Crippen LogP contribution is -2.36. The van der Waals surface area contributed by atoms with E-state index in [1.165, 1.54) is 0 Å². The molecule has 1 aliphatic rings. The first-order chi connectivity index (χ1) is 9.04. The topological polar surface area (TPSA) is 26.0 Å². The van der Waals surface area contributed by atoms with Crippen LogP contribution in [0.2, 0.25) is 0 Å². The lowest BCUT2D eigenvalue weighted by atomic mass is 9.84. The van der Waals surface area contributed by atoms with Gasteiger partial charge in [-0.15, -0.1) is 0 Å². The molecule has 2 aromatic rings. The molecule has 0 aromatic heterocycles. The van der Waals surface area contributed by atoms with Crippen LogP contribution in [0.5, 0.6) is 0 Å². The van der Waals surface area contributed by atoms with Crippen molar-refractivity contribution in [2.75, 3.05) is 0 Å². The van der Waals surface area contributed by atoms with E-state index >= 15 is 0 Å². The summed E-state index contributed by atoms with van der Waals surface area (Å²) in [5.74, 6) is -1.62. The Bertz CT molecular complexity index is 651. The molecule has 2 aromatic carbocycles. The number of halogens is 2. The van der Waals surface area contributed by atoms with Crippen LogP contribution in [-0.2, 0) is 12.0 Å². The summed E-state index contributed by atoms with van der Waals surface area (Å²) in [6, 6.07) is 10.9. The number of nitrogens with two attached hydrogens (primary N) is 1. The molecule has 19 heavy (non-hydrogen) atoms. The highest BCUT2D eigenvalue weighted by Crippen LogP contribution is 2.41. The van der Waals surface area contributed by atoms with Crippen molar-refractivity contribution in [1.29, 1.82) is 0 Å². The summed E-state index contributed by atoms with van der Waals surface area (Å²) in [4.78, 5) is 0. The zero-order valence-corrected chi connectivity index (χ0v) is 10.7. The van der Waals surface area contributed by atoms with Gasteiger partial charge in [-0.1, -0.05) is 36.4 Å². The van der Waals surface area contributed by atoms with Gasteiger partial charge in [0.15, 0.2) is 11.6 Å². The van der Waals surface area contributed by atoms with Gasteiger partial charge < -0.3 is 5.73 Å². The molecule has 3 heteroatoms. The van der Waals surface area contributed by atoms with Gasteiger partial charge in [0.1, 0.15) is 0 Å². The molecular formula is C16H15F2N. The summed E-state index contributed by atoms with van der Waals surface area (Å²) in [7, 11) is 0. The molecule has 0 spiro atoms. The average molecular weight is 259 g/mol. The number of hydrogen-bond donors (Lipinski definition) is 1. The summed E-state index contributed by atoms with van der Waals surface area (Å²) < 4.78 is 28.0. The summed E-state index contributed by atoms with van der Waals surface area (Å²) >= 11 is 0. The quantitative estimate of drug-likeness (QED) is 0.834. The van der Waals surface area contributed by atoms with Crippen molar-refractivity contribution in [3.05, 3.63) is 70.3 Å². The Balaban J connectivity index is 2.21. The Morgan fingerprint density at radius 3 is 2.53 bits per heavy atom. The van der Waals surface area contributed by atoms with E-state index in [2.05, 4.69) is 0 Å². The maximum absolute atomic E-state index is 14.2. The molecule has 0 fully saturated rings. The van der Waals surface area contributed by atoms with Crippen LogP contribution in [0.3, 0.4) is 0 Å². The summed E-state index contributed by atoms with van der Waals surface area (Å²) in [6.07, 6.45) is 1.40. The van der Waals surface area contributed by atoms with Gasteiger partial charge in [-0.2, -0.15) is 0 Å². The van der Waals surface area contributed by atoms with E-state index in [-0.39, 0.29) is 5.56 Å². The first kappa shape index (κ1) is 12.3. The third kappa shape index (κ3) is 1.69. The Hall–Kier alpha value is -1.74. The molecule has 2 N–H and O–H groups in total. The fraction of sp³-hybridized carbons (Fsp3) is 0.250. The smallest absolute Gasteiger partial charge is 0.164 e. The third-order valence-electron chi connectivity index (χ3n) is 4.04. The van der Waals surface area contributed by atoms with E-state index < -0.39 is 17.2 Å². The average Bonchev–Trinajstić information content (AvgIpc) is 2.75. The molecule has 98 valence electrons. The molecule has 0 aliphatic heterocycles. The van der Waals surface area contributed by atoms with Crippen LogP contribution in [0.1, 0.15) is 28.7 Å². The molecule has 1 unspecified atom stereocenters. The molecule has 1 aliphatic carbocycles. The predicted molar refractivity (Wildman–Crippen MR) is 70.8 cm³/mol. The molecule has 1 nitrogen and oxygen atoms in total. The molecule has 0 bridgehead atoms. The predicted octanol–water partition coefficient (Wildman–Crippen LogP) is 3.42. The number of benzene rings is 2. The molecule has 0 saturated carbocycles. The largest absolute Gasteiger partial charge is 0.318 e. The van der Waals surface area contributed by atoms with Gasteiger partial charge in [0.05, 0.1) is 5.54 Å². The SMILES string of the molecule is Cc1ccc(C2(N)CCc3ccccc32)c(F)c1F. The van der Waals surface area contributed by atoms with E-state index in [9.17, 15) is 8.78 Å². The molecule has 0 saturated heterocycles. The lowest BCUT2D eigenvalue weighted by Gasteiger charge is -2.27. The fourth-order valence-electron chi connectivity index (χ4n) is 2.91. The van der Waals surface area contributed by atoms with Crippen LogP contribution < -0.4 is 5.73 Å². The van der Waals surface area contributed by atoms with Gasteiger partial charge in [0, 0.05) is 5.56 Å². The van der Waals surface area contributed by atoms with Gasteiger partial charge in [-0.3, -0.25) is 0 Å². The monoisotopic (exact) mass is 259 g/mol. The van der Waals surface area contributed by atoms with Crippen molar-refractivity contribution in [3.8, 4) is 0 Å². The lowest BCUT2D eigenvalue weighted by molar-refractivity contribution is 0.448. The highest BCUT2D eigenvalue weighted by molar-refractivity contribution is 5.47. The van der Waals surface area contributed by atoms with Crippen LogP contribution >= 0.6 is 0 Å². The first-order valence-electron chi connectivity index (χ1n) is 6.36. The minimum absolute atomic E-state index is 0.251. The second kappa shape index (κ2) is 4.14. The Kier molecular flexibility index (Phi) is 2.68. The van der Waals surface area contributed by atoms with Gasteiger partial charge in [-0.05, 0) is 36.5 Å². The van der Waals surface area contributed by atoms with E-state index in [4.69, 9.17) is 5.73 Å². The number of aryl methyl sites for hydroxylation is 2. The second-order valence-electron chi connectivity index (χ2n) is 5.19. The minimum Gasteiger partial charge on any atom is -0.318 e. The molecule has 0 amide bonds. The number of rotatable bonds is 1. The van der Waals surface area contributed by atoms with Gasteiger partial charge >= 0.3 is 0 Å². The van der Waals surface area contributed by atoms with Gasteiger partial charge in [-0.25, -0.2) is 8.78 Å². The van der Waals surface area contributed by atoms with E-state index in [1.54, 1.807) is 19.1 Å². The maximum atomic E-state index is 14.2. The molecule has 0 heterocycles. The zero-order chi connectivity index (χ0) is 13.6. The summed E-state index contributed by atoms with van der Waals surface area (Å²) in [5.41, 5.74) is 8.05. The number of fused-ring (bicyclic) bond motifs is 1. The van der Waals surface area contributed by atoms with Crippen LogP contribution in [0.15, 0.2) is 36.4 Å². The van der Waals surface area contributed by atoms with Crippen molar-refractivity contribution in [1.82, 2.24) is 0 Å². The minimum atomic E-state index is -0.921. The molecule has 0 radical (unpaired) electrons. The molecular weight excluding hydrogens is 244 g/mol. The fourth-order valence-corrected chi connectivity index (χ4v) is 2.91. The highest BCUT2D eigenvalue weighted by Gasteiger charge is 2.39. The van der Waals surface area contributed by atoms with E-state index in [0.717, 1.165) is 17.5 Å². The summed E-state index contributed by atoms with van der Waals surface area (Å²) in [6.45, 7) is 1.55. The van der Waals surface area contributed by atoms with E-state index in [1.807, 2.05) is 24.3 Å². The Labute approximate surface area is 111 Å². The summed E-state index contributed by atoms with van der Waals surface area (Å²) in [5, 5.41) is 0. The van der Waals surface area contributed by atoms with Crippen LogP contribution in [0.4, 0.5) is 8.78 Å². The molecule has 1 atom stereocenters. The maximum Gasteiger partial charge on any atom is 0.164 e. The van der Waals surface area contributed by atoms with Crippen molar-refractivity contribution < 1.29 is 8.78 Å². The van der Waals surface area contributed by atoms with Crippen molar-refractivity contribution in [3.63, 3.8) is 0 Å². The Morgan fingerprint density at radius 1 is 1.00 bits per heavy atom. The van der Waals surface area contributed by atoms with Crippen LogP contribution in [0, 0.1) is 18.6 Å². The second-order valence-corrected chi connectivity index (χ2v) is 5.19. The van der Waals surface area contributed by atoms with Crippen LogP contribution in [0.25, 0.3) is 0 Å². The molecule has 3 rings (SSSR count). The van der Waals surface area contributed by atoms with Crippen molar-refractivity contribution >= 4 is 0 Å². The standard InChI is InChI=1S/C16H15F2N/c1-10-6-7-13(15(18)14(10)17)16(19)9-8-11-4-2-3-5-12(11)16/h2-7H,8-9,19H2,1H3. The zero-order valence-electron chi connectivity index (χ0n) is 10.7. The highest BCUT2D eigenvalue weighted by atomic mass is 19.2. The first-order valence-corrected chi connectivity index (χ1v) is 6.36. The van der Waals surface area contributed by atoms with Crippen LogP contribution in [-0.4, -0.2) is 0 Å². The van der Waals surface area contributed by atoms with E-state index in [0.29, 0.717) is 12.0 Å². The number of hydrogen-bond acceptors (Lipinski definition) is 1. The normalized spacial score (nSPS) is 21.5. The third-order valence-corrected chi connectivity index (χ3v) is 4.04. The van der Waals surface area contributed by atoms with Crippen molar-refractivity contribution in [2.45, 2.75) is 25.3 Å². The van der Waals surface area contributed by atoms with Gasteiger partial charge in [0.2, 0.25) is 0 Å². The van der Waals surface area contributed by atoms with Gasteiger partial charge in [0.25, 0.3) is 0 Å². The van der Waals surface area contributed by atoms with Crippen molar-refractivity contribution in [2.24, 2.45) is 5.73 Å².